The van der Waals surface area contributed by atoms with Gasteiger partial charge < -0.3 is 0 Å². The number of thiophene rings is 1. The van der Waals surface area contributed by atoms with Crippen LogP contribution in [-0.4, -0.2) is 0 Å². The lowest BCUT2D eigenvalue weighted by Crippen LogP contribution is -1.89. The van der Waals surface area contributed by atoms with Gasteiger partial charge in [-0.25, -0.2) is 0 Å². The molecule has 0 amide bonds. The van der Waals surface area contributed by atoms with Crippen molar-refractivity contribution in [2.75, 3.05) is 0 Å². The van der Waals surface area contributed by atoms with Gasteiger partial charge in [-0.2, -0.15) is 0 Å². The van der Waals surface area contributed by atoms with E-state index in [0.717, 1.165) is 4.34 Å². The highest BCUT2D eigenvalue weighted by atomic mass is 79.9. The molecule has 78 valence electrons. The Kier molecular flexibility index (Phi) is 3.49. The summed E-state index contributed by atoms with van der Waals surface area (Å²) >= 11 is 11.2. The van der Waals surface area contributed by atoms with E-state index in [2.05, 4.69) is 52.5 Å². The third-order valence-electron chi connectivity index (χ3n) is 2.25. The van der Waals surface area contributed by atoms with Crippen LogP contribution < -0.4 is 0 Å². The number of hydrogen-bond donors (Lipinski definition) is 0. The van der Waals surface area contributed by atoms with Gasteiger partial charge in [-0.15, -0.1) is 11.3 Å². The van der Waals surface area contributed by atoms with E-state index in [1.54, 1.807) is 11.3 Å². The topological polar surface area (TPSA) is 0 Å². The third kappa shape index (κ3) is 2.63. The Morgan fingerprint density at radius 3 is 2.40 bits per heavy atom. The fourth-order valence-electron chi connectivity index (χ4n) is 1.38. The molecule has 0 saturated carbocycles. The lowest BCUT2D eigenvalue weighted by Gasteiger charge is -2.08. The van der Waals surface area contributed by atoms with E-state index in [4.69, 9.17) is 11.6 Å². The Balaban J connectivity index is 2.28. The molecule has 0 bridgehead atoms. The van der Waals surface area contributed by atoms with Gasteiger partial charge in [-0.05, 0) is 29.5 Å². The lowest BCUT2D eigenvalue weighted by atomic mass is 10.1. The van der Waals surface area contributed by atoms with Crippen molar-refractivity contribution in [2.24, 2.45) is 0 Å². The van der Waals surface area contributed by atoms with Crippen LogP contribution in [0.2, 0.25) is 4.34 Å². The number of alkyl halides is 1. The summed E-state index contributed by atoms with van der Waals surface area (Å²) in [6, 6.07) is 10.5. The van der Waals surface area contributed by atoms with Crippen LogP contribution >= 0.6 is 38.9 Å². The number of rotatable bonds is 2. The van der Waals surface area contributed by atoms with Crippen molar-refractivity contribution < 1.29 is 0 Å². The van der Waals surface area contributed by atoms with E-state index < -0.39 is 0 Å². The second kappa shape index (κ2) is 4.69. The van der Waals surface area contributed by atoms with Crippen molar-refractivity contribution in [2.45, 2.75) is 11.8 Å². The molecule has 0 nitrogen and oxygen atoms in total. The average molecular weight is 302 g/mol. The monoisotopic (exact) mass is 300 g/mol. The molecule has 0 spiro atoms. The summed E-state index contributed by atoms with van der Waals surface area (Å²) in [4.78, 5) is 0.238. The van der Waals surface area contributed by atoms with Crippen LogP contribution in [0.1, 0.15) is 21.5 Å². The predicted molar refractivity (Wildman–Crippen MR) is 71.3 cm³/mol. The molecule has 0 aliphatic rings. The largest absolute Gasteiger partial charge is 0.132 e. The van der Waals surface area contributed by atoms with Crippen molar-refractivity contribution in [1.82, 2.24) is 0 Å². The zero-order valence-electron chi connectivity index (χ0n) is 8.21. The molecule has 2 aromatic rings. The van der Waals surface area contributed by atoms with Gasteiger partial charge in [0.05, 0.1) is 9.16 Å². The Morgan fingerprint density at radius 1 is 1.20 bits per heavy atom. The van der Waals surface area contributed by atoms with Gasteiger partial charge in [-0.1, -0.05) is 57.4 Å². The quantitative estimate of drug-likeness (QED) is 0.669. The SMILES string of the molecule is Cc1ccc(C(Br)c2csc(Cl)c2)cc1. The minimum atomic E-state index is 0.238. The van der Waals surface area contributed by atoms with Crippen LogP contribution in [0.5, 0.6) is 0 Å². The summed E-state index contributed by atoms with van der Waals surface area (Å²) in [5.41, 5.74) is 3.76. The summed E-state index contributed by atoms with van der Waals surface area (Å²) < 4.78 is 0.835. The molecule has 0 saturated heterocycles. The molecule has 2 rings (SSSR count). The number of halogens is 2. The van der Waals surface area contributed by atoms with Crippen LogP contribution in [0.15, 0.2) is 35.7 Å². The fourth-order valence-corrected chi connectivity index (χ4v) is 3.05. The van der Waals surface area contributed by atoms with Crippen molar-refractivity contribution in [1.29, 1.82) is 0 Å². The smallest absolute Gasteiger partial charge is 0.0931 e. The number of benzene rings is 1. The molecule has 0 aliphatic carbocycles. The summed E-state index contributed by atoms with van der Waals surface area (Å²) in [6.07, 6.45) is 0. The second-order valence-electron chi connectivity index (χ2n) is 3.46. The minimum absolute atomic E-state index is 0.238. The molecular formula is C12H10BrClS. The van der Waals surface area contributed by atoms with Crippen molar-refractivity contribution in [3.8, 4) is 0 Å². The first-order valence-electron chi connectivity index (χ1n) is 4.61. The molecule has 0 radical (unpaired) electrons. The highest BCUT2D eigenvalue weighted by Crippen LogP contribution is 2.34. The Hall–Kier alpha value is -0.310. The fraction of sp³-hybridized carbons (Fsp3) is 0.167. The first-order valence-corrected chi connectivity index (χ1v) is 6.79. The van der Waals surface area contributed by atoms with Crippen molar-refractivity contribution >= 4 is 38.9 Å². The Morgan fingerprint density at radius 2 is 1.87 bits per heavy atom. The van der Waals surface area contributed by atoms with Gasteiger partial charge in [0.1, 0.15) is 0 Å². The highest BCUT2D eigenvalue weighted by molar-refractivity contribution is 9.09. The van der Waals surface area contributed by atoms with Crippen LogP contribution in [0.4, 0.5) is 0 Å². The van der Waals surface area contributed by atoms with Gasteiger partial charge in [0.2, 0.25) is 0 Å². The van der Waals surface area contributed by atoms with Gasteiger partial charge in [0, 0.05) is 0 Å². The van der Waals surface area contributed by atoms with E-state index in [9.17, 15) is 0 Å². The van der Waals surface area contributed by atoms with E-state index in [1.165, 1.54) is 16.7 Å². The summed E-state index contributed by atoms with van der Waals surface area (Å²) in [5, 5.41) is 2.08. The van der Waals surface area contributed by atoms with E-state index in [-0.39, 0.29) is 4.83 Å². The Bertz CT molecular complexity index is 447. The number of hydrogen-bond acceptors (Lipinski definition) is 1. The zero-order chi connectivity index (χ0) is 10.8. The molecular weight excluding hydrogens is 292 g/mol. The van der Waals surface area contributed by atoms with Crippen molar-refractivity contribution in [3.05, 3.63) is 56.7 Å². The first-order chi connectivity index (χ1) is 7.16. The molecule has 0 N–H and O–H groups in total. The maximum atomic E-state index is 5.91. The Labute approximate surface area is 107 Å². The molecule has 1 heterocycles. The number of aryl methyl sites for hydroxylation is 1. The van der Waals surface area contributed by atoms with Crippen molar-refractivity contribution in [3.63, 3.8) is 0 Å². The maximum Gasteiger partial charge on any atom is 0.0931 e. The standard InChI is InChI=1S/C12H10BrClS/c1-8-2-4-9(5-3-8)12(13)10-6-11(14)15-7-10/h2-7,12H,1H3. The van der Waals surface area contributed by atoms with Gasteiger partial charge in [0.25, 0.3) is 0 Å². The maximum absolute atomic E-state index is 5.91. The first kappa shape index (κ1) is 11.2. The van der Waals surface area contributed by atoms with Crippen LogP contribution in [-0.2, 0) is 0 Å². The average Bonchev–Trinajstić information content (AvgIpc) is 2.65. The van der Waals surface area contributed by atoms with Crippen LogP contribution in [0, 0.1) is 6.92 Å². The molecule has 1 unspecified atom stereocenters. The second-order valence-corrected chi connectivity index (χ2v) is 5.92. The highest BCUT2D eigenvalue weighted by Gasteiger charge is 2.11. The van der Waals surface area contributed by atoms with E-state index >= 15 is 0 Å². The molecule has 1 aromatic carbocycles. The van der Waals surface area contributed by atoms with E-state index in [0.29, 0.717) is 0 Å². The van der Waals surface area contributed by atoms with Gasteiger partial charge in [0.15, 0.2) is 0 Å². The normalized spacial score (nSPS) is 12.7. The molecule has 1 atom stereocenters. The summed E-state index contributed by atoms with van der Waals surface area (Å²) in [5.74, 6) is 0. The molecule has 0 fully saturated rings. The molecule has 15 heavy (non-hydrogen) atoms. The van der Waals surface area contributed by atoms with Crippen LogP contribution in [0.25, 0.3) is 0 Å². The van der Waals surface area contributed by atoms with Crippen LogP contribution in [0.3, 0.4) is 0 Å². The summed E-state index contributed by atoms with van der Waals surface area (Å²) in [6.45, 7) is 2.09. The zero-order valence-corrected chi connectivity index (χ0v) is 11.4. The third-order valence-corrected chi connectivity index (χ3v) is 4.42. The van der Waals surface area contributed by atoms with Gasteiger partial charge >= 0.3 is 0 Å². The minimum Gasteiger partial charge on any atom is -0.132 e. The molecule has 3 heteroatoms. The molecule has 0 aliphatic heterocycles. The predicted octanol–water partition coefficient (Wildman–Crippen LogP) is 5.19. The molecule has 1 aromatic heterocycles. The lowest BCUT2D eigenvalue weighted by molar-refractivity contribution is 1.19. The summed E-state index contributed by atoms with van der Waals surface area (Å²) in [7, 11) is 0. The van der Waals surface area contributed by atoms with E-state index in [1.807, 2.05) is 6.07 Å². The van der Waals surface area contributed by atoms with Gasteiger partial charge in [-0.3, -0.25) is 0 Å².